The van der Waals surface area contributed by atoms with Crippen molar-refractivity contribution in [3.63, 3.8) is 0 Å². The summed E-state index contributed by atoms with van der Waals surface area (Å²) in [7, 11) is 0. The first-order valence-corrected chi connectivity index (χ1v) is 5.20. The van der Waals surface area contributed by atoms with Crippen LogP contribution in [0.15, 0.2) is 22.7 Å². The van der Waals surface area contributed by atoms with Crippen LogP contribution in [0, 0.1) is 11.8 Å². The first kappa shape index (κ1) is 11.2. The minimum absolute atomic E-state index is 0.211. The highest BCUT2D eigenvalue weighted by molar-refractivity contribution is 9.10. The van der Waals surface area contributed by atoms with Crippen LogP contribution in [0.25, 0.3) is 0 Å². The van der Waals surface area contributed by atoms with Crippen molar-refractivity contribution in [1.29, 1.82) is 0 Å². The molecule has 0 unspecified atom stereocenters. The Morgan fingerprint density at radius 1 is 1.57 bits per heavy atom. The SMILES string of the molecule is O=C(O)c1ccc(Br)cc1C#CCS. The molecule has 72 valence electrons. The van der Waals surface area contributed by atoms with Gasteiger partial charge in [-0.25, -0.2) is 4.79 Å². The van der Waals surface area contributed by atoms with Crippen molar-refractivity contribution in [2.75, 3.05) is 5.75 Å². The molecule has 0 radical (unpaired) electrons. The van der Waals surface area contributed by atoms with E-state index in [2.05, 4.69) is 40.4 Å². The Labute approximate surface area is 95.9 Å². The van der Waals surface area contributed by atoms with Gasteiger partial charge >= 0.3 is 5.97 Å². The Kier molecular flexibility index (Phi) is 4.05. The lowest BCUT2D eigenvalue weighted by molar-refractivity contribution is 0.0696. The molecule has 0 aromatic heterocycles. The van der Waals surface area contributed by atoms with Crippen LogP contribution >= 0.6 is 28.6 Å². The van der Waals surface area contributed by atoms with Crippen molar-refractivity contribution in [2.45, 2.75) is 0 Å². The van der Waals surface area contributed by atoms with Gasteiger partial charge in [-0.15, -0.1) is 0 Å². The van der Waals surface area contributed by atoms with Gasteiger partial charge in [0.05, 0.1) is 11.3 Å². The largest absolute Gasteiger partial charge is 0.478 e. The summed E-state index contributed by atoms with van der Waals surface area (Å²) >= 11 is 7.19. The van der Waals surface area contributed by atoms with Crippen LogP contribution in [0.1, 0.15) is 15.9 Å². The zero-order valence-electron chi connectivity index (χ0n) is 7.12. The van der Waals surface area contributed by atoms with Gasteiger partial charge in [-0.2, -0.15) is 12.6 Å². The molecule has 0 aliphatic heterocycles. The van der Waals surface area contributed by atoms with Gasteiger partial charge in [-0.05, 0) is 18.2 Å². The molecule has 1 aromatic carbocycles. The lowest BCUT2D eigenvalue weighted by Gasteiger charge is -1.99. The lowest BCUT2D eigenvalue weighted by Crippen LogP contribution is -1.99. The summed E-state index contributed by atoms with van der Waals surface area (Å²) in [6, 6.07) is 4.88. The first-order valence-electron chi connectivity index (χ1n) is 3.77. The molecule has 1 aromatic rings. The van der Waals surface area contributed by atoms with E-state index >= 15 is 0 Å². The summed E-state index contributed by atoms with van der Waals surface area (Å²) in [4.78, 5) is 10.8. The van der Waals surface area contributed by atoms with Gasteiger partial charge in [-0.1, -0.05) is 27.8 Å². The third-order valence-electron chi connectivity index (χ3n) is 1.51. The summed E-state index contributed by atoms with van der Waals surface area (Å²) < 4.78 is 0.811. The fourth-order valence-electron chi connectivity index (χ4n) is 0.941. The second kappa shape index (κ2) is 5.08. The van der Waals surface area contributed by atoms with Gasteiger partial charge < -0.3 is 5.11 Å². The van der Waals surface area contributed by atoms with Gasteiger partial charge in [-0.3, -0.25) is 0 Å². The van der Waals surface area contributed by atoms with Crippen molar-refractivity contribution in [3.05, 3.63) is 33.8 Å². The van der Waals surface area contributed by atoms with Gasteiger partial charge in [0.25, 0.3) is 0 Å². The van der Waals surface area contributed by atoms with Crippen molar-refractivity contribution in [3.8, 4) is 11.8 Å². The van der Waals surface area contributed by atoms with Crippen LogP contribution in [0.4, 0.5) is 0 Å². The van der Waals surface area contributed by atoms with E-state index in [-0.39, 0.29) is 5.56 Å². The van der Waals surface area contributed by atoms with Crippen molar-refractivity contribution in [1.82, 2.24) is 0 Å². The van der Waals surface area contributed by atoms with Gasteiger partial charge in [0, 0.05) is 10.0 Å². The van der Waals surface area contributed by atoms with E-state index in [9.17, 15) is 4.79 Å². The maximum Gasteiger partial charge on any atom is 0.336 e. The summed E-state index contributed by atoms with van der Waals surface area (Å²) in [5.41, 5.74) is 0.711. The van der Waals surface area contributed by atoms with Crippen LogP contribution in [0.2, 0.25) is 0 Å². The smallest absolute Gasteiger partial charge is 0.336 e. The Morgan fingerprint density at radius 2 is 2.29 bits per heavy atom. The minimum Gasteiger partial charge on any atom is -0.478 e. The molecule has 0 spiro atoms. The third kappa shape index (κ3) is 2.79. The fraction of sp³-hybridized carbons (Fsp3) is 0.100. The standard InChI is InChI=1S/C10H7BrO2S/c11-8-3-4-9(10(12)13)7(6-8)2-1-5-14/h3-4,6,14H,5H2,(H,12,13). The van der Waals surface area contributed by atoms with E-state index in [1.165, 1.54) is 6.07 Å². The maximum atomic E-state index is 10.8. The second-order valence-corrected chi connectivity index (χ2v) is 3.69. The van der Waals surface area contributed by atoms with Crippen LogP contribution in [0.3, 0.4) is 0 Å². The Bertz CT molecular complexity index is 418. The average molecular weight is 271 g/mol. The Balaban J connectivity index is 3.22. The fourth-order valence-corrected chi connectivity index (χ4v) is 1.38. The molecular weight excluding hydrogens is 264 g/mol. The Hall–Kier alpha value is -0.920. The van der Waals surface area contributed by atoms with E-state index in [0.717, 1.165) is 4.47 Å². The monoisotopic (exact) mass is 270 g/mol. The first-order chi connectivity index (χ1) is 6.65. The number of halogens is 1. The zero-order valence-corrected chi connectivity index (χ0v) is 9.60. The van der Waals surface area contributed by atoms with Gasteiger partial charge in [0.1, 0.15) is 0 Å². The molecule has 4 heteroatoms. The highest BCUT2D eigenvalue weighted by Gasteiger charge is 2.07. The molecule has 0 atom stereocenters. The number of carboxylic acids is 1. The van der Waals surface area contributed by atoms with Crippen LogP contribution in [-0.4, -0.2) is 16.8 Å². The summed E-state index contributed by atoms with van der Waals surface area (Å²) in [6.07, 6.45) is 0. The van der Waals surface area contributed by atoms with Crippen molar-refractivity contribution >= 4 is 34.5 Å². The number of hydrogen-bond donors (Lipinski definition) is 2. The van der Waals surface area contributed by atoms with E-state index in [1.807, 2.05) is 0 Å². The molecule has 0 aliphatic carbocycles. The van der Waals surface area contributed by atoms with Crippen LogP contribution in [-0.2, 0) is 0 Å². The highest BCUT2D eigenvalue weighted by Crippen LogP contribution is 2.15. The number of rotatable bonds is 1. The van der Waals surface area contributed by atoms with Gasteiger partial charge in [0.2, 0.25) is 0 Å². The number of aromatic carboxylic acids is 1. The number of thiol groups is 1. The normalized spacial score (nSPS) is 9.00. The Morgan fingerprint density at radius 3 is 2.86 bits per heavy atom. The number of hydrogen-bond acceptors (Lipinski definition) is 2. The third-order valence-corrected chi connectivity index (χ3v) is 2.17. The molecule has 0 fully saturated rings. The average Bonchev–Trinajstić information content (AvgIpc) is 2.14. The van der Waals surface area contributed by atoms with Crippen molar-refractivity contribution in [2.24, 2.45) is 0 Å². The number of carbonyl (C=O) groups is 1. The van der Waals surface area contributed by atoms with E-state index in [0.29, 0.717) is 11.3 Å². The molecule has 0 aliphatic rings. The molecule has 0 heterocycles. The minimum atomic E-state index is -0.971. The van der Waals surface area contributed by atoms with E-state index in [4.69, 9.17) is 5.11 Å². The number of benzene rings is 1. The topological polar surface area (TPSA) is 37.3 Å². The van der Waals surface area contributed by atoms with Crippen LogP contribution in [0.5, 0.6) is 0 Å². The molecule has 1 rings (SSSR count). The zero-order chi connectivity index (χ0) is 10.6. The van der Waals surface area contributed by atoms with Gasteiger partial charge in [0.15, 0.2) is 0 Å². The lowest BCUT2D eigenvalue weighted by atomic mass is 10.1. The second-order valence-electron chi connectivity index (χ2n) is 2.45. The molecule has 0 saturated heterocycles. The predicted octanol–water partition coefficient (Wildman–Crippen LogP) is 2.43. The molecule has 0 saturated carbocycles. The van der Waals surface area contributed by atoms with Crippen molar-refractivity contribution < 1.29 is 9.90 Å². The predicted molar refractivity (Wildman–Crippen MR) is 61.8 cm³/mol. The maximum absolute atomic E-state index is 10.8. The molecular formula is C10H7BrO2S. The number of carboxylic acid groups (broad SMARTS) is 1. The molecule has 14 heavy (non-hydrogen) atoms. The quantitative estimate of drug-likeness (QED) is 0.608. The summed E-state index contributed by atoms with van der Waals surface area (Å²) in [5.74, 6) is 4.90. The van der Waals surface area contributed by atoms with E-state index < -0.39 is 5.97 Å². The highest BCUT2D eigenvalue weighted by atomic mass is 79.9. The molecule has 1 N–H and O–H groups in total. The molecule has 0 amide bonds. The summed E-state index contributed by atoms with van der Waals surface area (Å²) in [6.45, 7) is 0. The molecule has 2 nitrogen and oxygen atoms in total. The molecule has 0 bridgehead atoms. The van der Waals surface area contributed by atoms with Crippen LogP contribution < -0.4 is 0 Å². The van der Waals surface area contributed by atoms with E-state index in [1.54, 1.807) is 12.1 Å². The summed E-state index contributed by atoms with van der Waals surface area (Å²) in [5, 5.41) is 8.85.